The van der Waals surface area contributed by atoms with E-state index < -0.39 is 93.3 Å². The Bertz CT molecular complexity index is 1030. The molecule has 1 aromatic rings. The maximum Gasteiger partial charge on any atom is 0.330 e. The van der Waals surface area contributed by atoms with Gasteiger partial charge in [0.1, 0.15) is 61.5 Å². The molecular weight excluding hydrogens is 556 g/mol. The van der Waals surface area contributed by atoms with Crippen molar-refractivity contribution in [3.63, 3.8) is 0 Å². The van der Waals surface area contributed by atoms with Crippen LogP contribution in [0.5, 0.6) is 11.5 Å². The summed E-state index contributed by atoms with van der Waals surface area (Å²) in [4.78, 5) is 22.9. The average Bonchev–Trinajstić information content (AvgIpc) is 3.24. The number of carbonyl (C=O) groups is 2. The molecule has 230 valence electrons. The van der Waals surface area contributed by atoms with Gasteiger partial charge in [-0.25, -0.2) is 4.79 Å². The maximum atomic E-state index is 12.1. The van der Waals surface area contributed by atoms with Gasteiger partial charge in [0, 0.05) is 6.08 Å². The van der Waals surface area contributed by atoms with Crippen molar-refractivity contribution in [1.82, 2.24) is 0 Å². The Kier molecular flexibility index (Phi) is 11.9. The quantitative estimate of drug-likeness (QED) is 0.0622. The van der Waals surface area contributed by atoms with Crippen molar-refractivity contribution in [2.75, 3.05) is 26.9 Å². The van der Waals surface area contributed by atoms with E-state index in [0.29, 0.717) is 5.56 Å². The first-order valence-electron chi connectivity index (χ1n) is 12.4. The number of aliphatic hydroxyl groups excluding tert-OH is 7. The molecule has 2 heterocycles. The fraction of sp³-hybridized carbons (Fsp3) is 0.600. The molecule has 0 aromatic heterocycles. The average molecular weight is 591 g/mol. The van der Waals surface area contributed by atoms with E-state index in [0.717, 1.165) is 6.08 Å². The van der Waals surface area contributed by atoms with Crippen molar-refractivity contribution >= 4 is 18.3 Å². The normalized spacial score (nSPS) is 32.4. The van der Waals surface area contributed by atoms with E-state index in [1.165, 1.54) is 31.4 Å². The predicted molar refractivity (Wildman–Crippen MR) is 132 cm³/mol. The summed E-state index contributed by atoms with van der Waals surface area (Å²) in [5, 5.41) is 80.2. The van der Waals surface area contributed by atoms with E-state index >= 15 is 0 Å². The summed E-state index contributed by atoms with van der Waals surface area (Å²) in [5.74, 6) is -0.702. The largest absolute Gasteiger partial charge is 0.504 e. The summed E-state index contributed by atoms with van der Waals surface area (Å²) in [6.45, 7) is -1.84. The van der Waals surface area contributed by atoms with E-state index in [-0.39, 0.29) is 17.8 Å². The van der Waals surface area contributed by atoms with Gasteiger partial charge in [0.25, 0.3) is 0 Å². The molecule has 1 aromatic carbocycles. The van der Waals surface area contributed by atoms with Crippen LogP contribution >= 0.6 is 0 Å². The summed E-state index contributed by atoms with van der Waals surface area (Å²) in [6, 6.07) is 4.39. The molecule has 0 saturated carbocycles. The number of benzene rings is 1. The SMILES string of the molecule is COc1cc(/C=C/C(=O)OC[C@@H]2OC(O[C@@H]3[C@@H](O)[C@H](O[C@H](CO)[C@H](O)[C@@H](O)C=O)OC[C@H]3O)[C@H](O)[C@H]2O)ccc1O. The summed E-state index contributed by atoms with van der Waals surface area (Å²) in [7, 11) is 1.37. The van der Waals surface area contributed by atoms with Crippen LogP contribution in [0.25, 0.3) is 6.08 Å². The second-order valence-corrected chi connectivity index (χ2v) is 9.25. The van der Waals surface area contributed by atoms with Gasteiger partial charge >= 0.3 is 5.97 Å². The number of rotatable bonds is 13. The molecular formula is C25H34O16. The van der Waals surface area contributed by atoms with Crippen LogP contribution in [0, 0.1) is 0 Å². The van der Waals surface area contributed by atoms with Crippen LogP contribution in [0.4, 0.5) is 0 Å². The van der Waals surface area contributed by atoms with Crippen molar-refractivity contribution < 1.29 is 78.9 Å². The van der Waals surface area contributed by atoms with Crippen LogP contribution in [-0.4, -0.2) is 148 Å². The number of hydrogen-bond acceptors (Lipinski definition) is 16. The molecule has 1 unspecified atom stereocenters. The molecule has 16 heteroatoms. The highest BCUT2D eigenvalue weighted by Gasteiger charge is 2.49. The fourth-order valence-corrected chi connectivity index (χ4v) is 4.06. The van der Waals surface area contributed by atoms with Crippen molar-refractivity contribution in [3.05, 3.63) is 29.8 Å². The van der Waals surface area contributed by atoms with E-state index in [1.54, 1.807) is 0 Å². The second-order valence-electron chi connectivity index (χ2n) is 9.25. The first-order chi connectivity index (χ1) is 19.5. The zero-order chi connectivity index (χ0) is 30.3. The highest BCUT2D eigenvalue weighted by atomic mass is 16.7. The van der Waals surface area contributed by atoms with Crippen molar-refractivity contribution in [3.8, 4) is 11.5 Å². The molecule has 2 fully saturated rings. The third kappa shape index (κ3) is 8.18. The molecule has 3 rings (SSSR count). The minimum absolute atomic E-state index is 0.0196. The number of hydrogen-bond donors (Lipinski definition) is 8. The zero-order valence-corrected chi connectivity index (χ0v) is 21.8. The lowest BCUT2D eigenvalue weighted by molar-refractivity contribution is -0.322. The molecule has 2 aliphatic rings. The molecule has 8 N–H and O–H groups in total. The highest BCUT2D eigenvalue weighted by Crippen LogP contribution is 2.29. The van der Waals surface area contributed by atoms with Crippen molar-refractivity contribution in [2.45, 2.75) is 67.5 Å². The Balaban J connectivity index is 1.56. The van der Waals surface area contributed by atoms with Crippen LogP contribution in [0.3, 0.4) is 0 Å². The number of carbonyl (C=O) groups excluding carboxylic acids is 2. The summed E-state index contributed by atoms with van der Waals surface area (Å²) >= 11 is 0. The van der Waals surface area contributed by atoms with Gasteiger partial charge in [-0.3, -0.25) is 0 Å². The molecule has 0 bridgehead atoms. The predicted octanol–water partition coefficient (Wildman–Crippen LogP) is -3.83. The molecule has 2 aliphatic heterocycles. The lowest BCUT2D eigenvalue weighted by atomic mass is 10.0. The summed E-state index contributed by atoms with van der Waals surface area (Å²) in [5.41, 5.74) is 0.522. The van der Waals surface area contributed by atoms with E-state index in [1.807, 2.05) is 0 Å². The van der Waals surface area contributed by atoms with Crippen molar-refractivity contribution in [2.24, 2.45) is 0 Å². The minimum atomic E-state index is -1.90. The number of phenols is 1. The second kappa shape index (κ2) is 14.9. The maximum absolute atomic E-state index is 12.1. The topological polar surface area (TPSA) is 251 Å². The third-order valence-electron chi connectivity index (χ3n) is 6.40. The standard InChI is InChI=1S/C25H34O16/c1-36-15-6-11(2-4-12(15)28)3-5-18(31)37-10-17-20(33)21(34)25(40-17)41-23-14(30)9-38-24(22(23)35)39-16(8-27)19(32)13(29)7-26/h2-7,13-14,16-17,19-25,27-30,32-35H,8-10H2,1H3/b5-3+/t13-,14+,16+,17-,19+,20-,21+,22+,23-,24-,25?/m0/s1. The Morgan fingerprint density at radius 2 is 1.85 bits per heavy atom. The van der Waals surface area contributed by atoms with Crippen LogP contribution in [-0.2, 0) is 33.3 Å². The Morgan fingerprint density at radius 1 is 1.12 bits per heavy atom. The lowest BCUT2D eigenvalue weighted by Crippen LogP contribution is -2.58. The van der Waals surface area contributed by atoms with Gasteiger partial charge in [-0.1, -0.05) is 6.07 Å². The zero-order valence-electron chi connectivity index (χ0n) is 21.8. The molecule has 0 radical (unpaired) electrons. The number of aromatic hydroxyl groups is 1. The van der Waals surface area contributed by atoms with E-state index in [4.69, 9.17) is 28.4 Å². The lowest BCUT2D eigenvalue weighted by Gasteiger charge is -2.40. The van der Waals surface area contributed by atoms with Gasteiger partial charge < -0.3 is 74.1 Å². The number of phenolic OH excluding ortho intramolecular Hbond substituents is 1. The number of aldehydes is 1. The third-order valence-corrected chi connectivity index (χ3v) is 6.40. The first-order valence-corrected chi connectivity index (χ1v) is 12.4. The Hall–Kier alpha value is -2.74. The molecule has 2 saturated heterocycles. The molecule has 0 aliphatic carbocycles. The summed E-state index contributed by atoms with van der Waals surface area (Å²) < 4.78 is 31.4. The number of aliphatic hydroxyl groups is 7. The number of ether oxygens (including phenoxy) is 6. The van der Waals surface area contributed by atoms with Gasteiger partial charge in [-0.05, 0) is 23.8 Å². The number of esters is 1. The van der Waals surface area contributed by atoms with Crippen LogP contribution in [0.15, 0.2) is 24.3 Å². The number of methoxy groups -OCH3 is 1. The van der Waals surface area contributed by atoms with Gasteiger partial charge in [-0.2, -0.15) is 0 Å². The van der Waals surface area contributed by atoms with Crippen LogP contribution < -0.4 is 4.74 Å². The van der Waals surface area contributed by atoms with E-state index in [2.05, 4.69) is 0 Å². The van der Waals surface area contributed by atoms with Gasteiger partial charge in [-0.15, -0.1) is 0 Å². The Labute approximate surface area is 233 Å². The van der Waals surface area contributed by atoms with Crippen LogP contribution in [0.2, 0.25) is 0 Å². The Morgan fingerprint density at radius 3 is 2.51 bits per heavy atom. The van der Waals surface area contributed by atoms with Crippen LogP contribution in [0.1, 0.15) is 5.56 Å². The van der Waals surface area contributed by atoms with Gasteiger partial charge in [0.2, 0.25) is 0 Å². The smallest absolute Gasteiger partial charge is 0.330 e. The molecule has 41 heavy (non-hydrogen) atoms. The fourth-order valence-electron chi connectivity index (χ4n) is 4.06. The monoisotopic (exact) mass is 590 g/mol. The van der Waals surface area contributed by atoms with Crippen molar-refractivity contribution in [1.29, 1.82) is 0 Å². The van der Waals surface area contributed by atoms with Gasteiger partial charge in [0.05, 0.1) is 20.3 Å². The molecule has 11 atom stereocenters. The first kappa shape index (κ1) is 32.8. The molecule has 0 amide bonds. The molecule has 16 nitrogen and oxygen atoms in total. The highest BCUT2D eigenvalue weighted by molar-refractivity contribution is 5.87. The van der Waals surface area contributed by atoms with E-state index in [9.17, 15) is 50.4 Å². The van der Waals surface area contributed by atoms with Gasteiger partial charge in [0.15, 0.2) is 30.4 Å². The summed E-state index contributed by atoms with van der Waals surface area (Å²) in [6.07, 6.45) is -15.4. The molecule has 0 spiro atoms. The minimum Gasteiger partial charge on any atom is -0.504 e.